The normalized spacial score (nSPS) is 10.9. The van der Waals surface area contributed by atoms with E-state index < -0.39 is 0 Å². The molecule has 0 aliphatic rings. The number of hydrogen-bond donors (Lipinski definition) is 2. The maximum atomic E-state index is 5.47. The van der Waals surface area contributed by atoms with E-state index >= 15 is 0 Å². The molecule has 6 heteroatoms. The lowest BCUT2D eigenvalue weighted by molar-refractivity contribution is 0.406. The first-order valence-electron chi connectivity index (χ1n) is 8.61. The number of ether oxygens (including phenoxy) is 1. The van der Waals surface area contributed by atoms with Gasteiger partial charge in [0, 0.05) is 30.9 Å². The van der Waals surface area contributed by atoms with Gasteiger partial charge in [-0.15, -0.1) is 24.0 Å². The van der Waals surface area contributed by atoms with Gasteiger partial charge in [0.25, 0.3) is 0 Å². The van der Waals surface area contributed by atoms with Crippen molar-refractivity contribution in [3.05, 3.63) is 58.4 Å². The largest absolute Gasteiger partial charge is 0.496 e. The van der Waals surface area contributed by atoms with Crippen LogP contribution in [-0.4, -0.2) is 25.1 Å². The van der Waals surface area contributed by atoms with Gasteiger partial charge in [0.1, 0.15) is 5.75 Å². The monoisotopic (exact) mass is 468 g/mol. The predicted octanol–water partition coefficient (Wildman–Crippen LogP) is 3.75. The van der Waals surface area contributed by atoms with Gasteiger partial charge < -0.3 is 15.4 Å². The molecule has 1 aromatic heterocycles. The average Bonchev–Trinajstić information content (AvgIpc) is 2.64. The highest BCUT2D eigenvalue weighted by Gasteiger charge is 2.10. The fourth-order valence-electron chi connectivity index (χ4n) is 2.89. The number of rotatable bonds is 6. The lowest BCUT2D eigenvalue weighted by Gasteiger charge is -2.16. The lowest BCUT2D eigenvalue weighted by Crippen LogP contribution is -2.36. The fourth-order valence-corrected chi connectivity index (χ4v) is 2.89. The molecule has 0 aliphatic heterocycles. The van der Waals surface area contributed by atoms with Gasteiger partial charge in [-0.2, -0.15) is 0 Å². The topological polar surface area (TPSA) is 58.5 Å². The van der Waals surface area contributed by atoms with Crippen LogP contribution in [0.5, 0.6) is 5.75 Å². The van der Waals surface area contributed by atoms with Gasteiger partial charge in [0.2, 0.25) is 0 Å². The van der Waals surface area contributed by atoms with Crippen LogP contribution in [0.25, 0.3) is 0 Å². The molecule has 0 aliphatic carbocycles. The van der Waals surface area contributed by atoms with Crippen molar-refractivity contribution in [1.82, 2.24) is 15.6 Å². The highest BCUT2D eigenvalue weighted by atomic mass is 127. The number of benzene rings is 1. The van der Waals surface area contributed by atoms with Crippen LogP contribution in [0.1, 0.15) is 34.9 Å². The molecule has 0 atom stereocenters. The first kappa shape index (κ1) is 22.2. The molecule has 0 saturated heterocycles. The molecular weight excluding hydrogens is 439 g/mol. The summed E-state index contributed by atoms with van der Waals surface area (Å²) in [6, 6.07) is 8.46. The van der Waals surface area contributed by atoms with E-state index in [1.54, 1.807) is 14.2 Å². The van der Waals surface area contributed by atoms with Crippen LogP contribution in [-0.2, 0) is 19.5 Å². The Morgan fingerprint density at radius 1 is 1.12 bits per heavy atom. The minimum absolute atomic E-state index is 0. The number of pyridine rings is 1. The zero-order chi connectivity index (χ0) is 18.2. The van der Waals surface area contributed by atoms with Crippen molar-refractivity contribution < 1.29 is 4.74 Å². The van der Waals surface area contributed by atoms with Gasteiger partial charge in [0.15, 0.2) is 5.96 Å². The molecule has 26 heavy (non-hydrogen) atoms. The number of guanidine groups is 1. The zero-order valence-corrected chi connectivity index (χ0v) is 18.5. The molecule has 0 radical (unpaired) electrons. The van der Waals surface area contributed by atoms with Gasteiger partial charge in [-0.05, 0) is 31.4 Å². The van der Waals surface area contributed by atoms with Crippen LogP contribution >= 0.6 is 24.0 Å². The van der Waals surface area contributed by atoms with Crippen molar-refractivity contribution in [2.45, 2.75) is 40.3 Å². The van der Waals surface area contributed by atoms with E-state index in [1.165, 1.54) is 11.1 Å². The van der Waals surface area contributed by atoms with Crippen LogP contribution in [0.3, 0.4) is 0 Å². The maximum Gasteiger partial charge on any atom is 0.191 e. The van der Waals surface area contributed by atoms with Crippen LogP contribution in [0.4, 0.5) is 0 Å². The number of methoxy groups -OCH3 is 1. The van der Waals surface area contributed by atoms with E-state index in [0.29, 0.717) is 6.54 Å². The molecule has 0 amide bonds. The Morgan fingerprint density at radius 3 is 2.38 bits per heavy atom. The van der Waals surface area contributed by atoms with Crippen LogP contribution < -0.4 is 15.4 Å². The van der Waals surface area contributed by atoms with Crippen LogP contribution in [0.15, 0.2) is 35.5 Å². The molecule has 0 bridgehead atoms. The Bertz CT molecular complexity index is 747. The third kappa shape index (κ3) is 5.59. The number of halogens is 1. The summed E-state index contributed by atoms with van der Waals surface area (Å²) in [5.74, 6) is 1.65. The molecule has 1 aromatic carbocycles. The molecule has 0 unspecified atom stereocenters. The summed E-state index contributed by atoms with van der Waals surface area (Å²) in [5.41, 5.74) is 5.70. The van der Waals surface area contributed by atoms with E-state index in [9.17, 15) is 0 Å². The molecule has 1 heterocycles. The highest BCUT2D eigenvalue weighted by Crippen LogP contribution is 2.23. The minimum Gasteiger partial charge on any atom is -0.496 e. The van der Waals surface area contributed by atoms with Crippen LogP contribution in [0, 0.1) is 13.8 Å². The summed E-state index contributed by atoms with van der Waals surface area (Å²) in [4.78, 5) is 8.81. The minimum atomic E-state index is 0. The summed E-state index contributed by atoms with van der Waals surface area (Å²) in [6.07, 6.45) is 2.87. The molecule has 0 spiro atoms. The molecule has 2 rings (SSSR count). The smallest absolute Gasteiger partial charge is 0.191 e. The fraction of sp³-hybridized carbons (Fsp3) is 0.400. The first-order valence-corrected chi connectivity index (χ1v) is 8.61. The van der Waals surface area contributed by atoms with Crippen molar-refractivity contribution >= 4 is 29.9 Å². The van der Waals surface area contributed by atoms with Crippen molar-refractivity contribution in [2.75, 3.05) is 14.2 Å². The zero-order valence-electron chi connectivity index (χ0n) is 16.2. The lowest BCUT2D eigenvalue weighted by atomic mass is 10.1. The van der Waals surface area contributed by atoms with Crippen LogP contribution in [0.2, 0.25) is 0 Å². The SMILES string of the molecule is CCc1ccccc1CNC(=NC)NCc1ncc(C)c(OC)c1C.I. The number of aliphatic imine (C=N–C) groups is 1. The molecule has 5 nitrogen and oxygen atoms in total. The van der Waals surface area contributed by atoms with Gasteiger partial charge in [0.05, 0.1) is 19.3 Å². The summed E-state index contributed by atoms with van der Waals surface area (Å²) in [6.45, 7) is 7.54. The van der Waals surface area contributed by atoms with Gasteiger partial charge in [-0.1, -0.05) is 31.2 Å². The molecule has 2 N–H and O–H groups in total. The Hall–Kier alpha value is -1.83. The average molecular weight is 468 g/mol. The van der Waals surface area contributed by atoms with Gasteiger partial charge in [-0.3, -0.25) is 9.98 Å². The van der Waals surface area contributed by atoms with Crippen molar-refractivity contribution in [3.8, 4) is 5.75 Å². The number of aromatic nitrogens is 1. The third-order valence-corrected chi connectivity index (χ3v) is 4.34. The second-order valence-electron chi connectivity index (χ2n) is 5.95. The second-order valence-corrected chi connectivity index (χ2v) is 5.95. The number of hydrogen-bond acceptors (Lipinski definition) is 3. The van der Waals surface area contributed by atoms with E-state index in [1.807, 2.05) is 20.0 Å². The Kier molecular flexibility index (Phi) is 9.40. The second kappa shape index (κ2) is 11.0. The summed E-state index contributed by atoms with van der Waals surface area (Å²) in [7, 11) is 3.47. The Balaban J connectivity index is 0.00000338. The summed E-state index contributed by atoms with van der Waals surface area (Å²) < 4.78 is 5.47. The number of nitrogens with zero attached hydrogens (tertiary/aromatic N) is 2. The first-order chi connectivity index (χ1) is 12.1. The summed E-state index contributed by atoms with van der Waals surface area (Å²) >= 11 is 0. The van der Waals surface area contributed by atoms with E-state index in [4.69, 9.17) is 4.74 Å². The molecule has 0 saturated carbocycles. The Labute approximate surface area is 173 Å². The van der Waals surface area contributed by atoms with E-state index in [2.05, 4.69) is 51.8 Å². The number of nitrogens with one attached hydrogen (secondary N) is 2. The number of aryl methyl sites for hydroxylation is 2. The highest BCUT2D eigenvalue weighted by molar-refractivity contribution is 14.0. The molecule has 2 aromatic rings. The van der Waals surface area contributed by atoms with Gasteiger partial charge in [-0.25, -0.2) is 0 Å². The standard InChI is InChI=1S/C20H28N4O.HI/c1-6-16-9-7-8-10-17(16)12-23-20(21-4)24-13-18-15(3)19(25-5)14(2)11-22-18;/h7-11H,6,12-13H2,1-5H3,(H2,21,23,24);1H. The molecular formula is C20H29IN4O. The van der Waals surface area contributed by atoms with E-state index in [-0.39, 0.29) is 24.0 Å². The Morgan fingerprint density at radius 2 is 1.77 bits per heavy atom. The molecule has 142 valence electrons. The van der Waals surface area contributed by atoms with Crippen molar-refractivity contribution in [3.63, 3.8) is 0 Å². The summed E-state index contributed by atoms with van der Waals surface area (Å²) in [5, 5.41) is 6.70. The van der Waals surface area contributed by atoms with Gasteiger partial charge >= 0.3 is 0 Å². The predicted molar refractivity (Wildman–Crippen MR) is 119 cm³/mol. The van der Waals surface area contributed by atoms with Crippen molar-refractivity contribution in [1.29, 1.82) is 0 Å². The maximum absolute atomic E-state index is 5.47. The third-order valence-electron chi connectivity index (χ3n) is 4.34. The quantitative estimate of drug-likeness (QED) is 0.385. The van der Waals surface area contributed by atoms with Crippen molar-refractivity contribution in [2.24, 2.45) is 4.99 Å². The van der Waals surface area contributed by atoms with E-state index in [0.717, 1.165) is 41.5 Å². The molecule has 0 fully saturated rings.